The van der Waals surface area contributed by atoms with Crippen LogP contribution in [0, 0.1) is 0 Å². The first kappa shape index (κ1) is 28.9. The Morgan fingerprint density at radius 1 is 0.360 bits per heavy atom. The van der Waals surface area contributed by atoms with Crippen LogP contribution in [0.4, 0.5) is 0 Å². The predicted octanol–water partition coefficient (Wildman–Crippen LogP) is 12.3. The summed E-state index contributed by atoms with van der Waals surface area (Å²) in [5, 5.41) is 5.70. The second-order valence-corrected chi connectivity index (χ2v) is 14.4. The van der Waals surface area contributed by atoms with Gasteiger partial charge in [-0.2, -0.15) is 0 Å². The standard InChI is InChI=1S/C44H26N4S2/c1-4-12-27(13-5-1)30-20-21-32-25-33(23-22-31(32)24-30)42-46-41(28-14-6-2-7-15-28)47-43(48-42)38-39-37(50-44(45-39)29-16-8-3-9-17-29)26-35-34-18-10-11-19-36(34)49-40(35)38/h1-26H. The van der Waals surface area contributed by atoms with Gasteiger partial charge in [-0.3, -0.25) is 0 Å². The van der Waals surface area contributed by atoms with E-state index in [4.69, 9.17) is 19.9 Å². The van der Waals surface area contributed by atoms with E-state index in [0.717, 1.165) is 47.6 Å². The van der Waals surface area contributed by atoms with Crippen molar-refractivity contribution in [1.82, 2.24) is 19.9 Å². The van der Waals surface area contributed by atoms with Gasteiger partial charge in [0, 0.05) is 36.9 Å². The first-order chi connectivity index (χ1) is 24.7. The molecule has 4 nitrogen and oxygen atoms in total. The Bertz CT molecular complexity index is 2860. The third kappa shape index (κ3) is 4.96. The van der Waals surface area contributed by atoms with E-state index < -0.39 is 0 Å². The number of thiophene rings is 1. The molecule has 10 aromatic rings. The van der Waals surface area contributed by atoms with Crippen LogP contribution in [-0.4, -0.2) is 19.9 Å². The van der Waals surface area contributed by atoms with Crippen molar-refractivity contribution in [3.05, 3.63) is 158 Å². The molecule has 234 valence electrons. The van der Waals surface area contributed by atoms with Gasteiger partial charge in [0.25, 0.3) is 0 Å². The van der Waals surface area contributed by atoms with Crippen LogP contribution in [0.1, 0.15) is 0 Å². The van der Waals surface area contributed by atoms with Gasteiger partial charge >= 0.3 is 0 Å². The Morgan fingerprint density at radius 3 is 1.68 bits per heavy atom. The van der Waals surface area contributed by atoms with Gasteiger partial charge in [-0.15, -0.1) is 22.7 Å². The van der Waals surface area contributed by atoms with Gasteiger partial charge in [0.1, 0.15) is 5.01 Å². The van der Waals surface area contributed by atoms with Gasteiger partial charge in [-0.05, 0) is 46.2 Å². The number of hydrogen-bond acceptors (Lipinski definition) is 6. The Hall–Kier alpha value is -6.08. The first-order valence-corrected chi connectivity index (χ1v) is 18.1. The first-order valence-electron chi connectivity index (χ1n) is 16.5. The summed E-state index contributed by atoms with van der Waals surface area (Å²) in [5.41, 5.74) is 7.23. The minimum Gasteiger partial charge on any atom is -0.235 e. The fraction of sp³-hybridized carbons (Fsp3) is 0. The number of aromatic nitrogens is 4. The Morgan fingerprint density at radius 2 is 0.940 bits per heavy atom. The Kier molecular flexibility index (Phi) is 6.82. The molecule has 0 bridgehead atoms. The van der Waals surface area contributed by atoms with Crippen molar-refractivity contribution >= 4 is 63.8 Å². The van der Waals surface area contributed by atoms with Crippen molar-refractivity contribution in [2.24, 2.45) is 0 Å². The van der Waals surface area contributed by atoms with Crippen LogP contribution >= 0.6 is 22.7 Å². The van der Waals surface area contributed by atoms with Crippen molar-refractivity contribution < 1.29 is 0 Å². The second kappa shape index (κ2) is 11.8. The summed E-state index contributed by atoms with van der Waals surface area (Å²) in [6, 6.07) is 55.0. The van der Waals surface area contributed by atoms with E-state index in [1.54, 1.807) is 22.7 Å². The third-order valence-electron chi connectivity index (χ3n) is 9.14. The second-order valence-electron chi connectivity index (χ2n) is 12.3. The molecule has 6 heteroatoms. The fourth-order valence-electron chi connectivity index (χ4n) is 6.68. The summed E-state index contributed by atoms with van der Waals surface area (Å²) in [4.78, 5) is 20.9. The highest BCUT2D eigenvalue weighted by atomic mass is 32.1. The quantitative estimate of drug-likeness (QED) is 0.182. The minimum absolute atomic E-state index is 0.625. The summed E-state index contributed by atoms with van der Waals surface area (Å²) in [5.74, 6) is 1.89. The van der Waals surface area contributed by atoms with Crippen LogP contribution < -0.4 is 0 Å². The molecule has 3 heterocycles. The molecule has 0 N–H and O–H groups in total. The highest BCUT2D eigenvalue weighted by molar-refractivity contribution is 7.27. The van der Waals surface area contributed by atoms with E-state index in [-0.39, 0.29) is 0 Å². The lowest BCUT2D eigenvalue weighted by Crippen LogP contribution is -2.01. The number of benzene rings is 7. The van der Waals surface area contributed by atoms with Crippen molar-refractivity contribution in [2.75, 3.05) is 0 Å². The molecule has 0 radical (unpaired) electrons. The van der Waals surface area contributed by atoms with Gasteiger partial charge in [-0.1, -0.05) is 133 Å². The summed E-state index contributed by atoms with van der Waals surface area (Å²) in [7, 11) is 0. The zero-order chi connectivity index (χ0) is 33.0. The minimum atomic E-state index is 0.625. The largest absolute Gasteiger partial charge is 0.235 e. The normalized spacial score (nSPS) is 11.6. The van der Waals surface area contributed by atoms with E-state index in [1.165, 1.54) is 32.0 Å². The van der Waals surface area contributed by atoms with Gasteiger partial charge in [-0.25, -0.2) is 19.9 Å². The predicted molar refractivity (Wildman–Crippen MR) is 211 cm³/mol. The highest BCUT2D eigenvalue weighted by Crippen LogP contribution is 2.46. The number of fused-ring (bicyclic) bond motifs is 5. The van der Waals surface area contributed by atoms with Crippen molar-refractivity contribution in [1.29, 1.82) is 0 Å². The maximum atomic E-state index is 5.28. The lowest BCUT2D eigenvalue weighted by molar-refractivity contribution is 1.08. The summed E-state index contributed by atoms with van der Waals surface area (Å²) < 4.78 is 3.47. The molecule has 0 fully saturated rings. The van der Waals surface area contributed by atoms with Gasteiger partial charge in [0.05, 0.1) is 15.8 Å². The molecular formula is C44H26N4S2. The van der Waals surface area contributed by atoms with Crippen molar-refractivity contribution in [3.8, 4) is 55.9 Å². The molecule has 0 aliphatic carbocycles. The van der Waals surface area contributed by atoms with Crippen LogP contribution in [0.3, 0.4) is 0 Å². The van der Waals surface area contributed by atoms with E-state index in [2.05, 4.69) is 127 Å². The van der Waals surface area contributed by atoms with E-state index in [9.17, 15) is 0 Å². The van der Waals surface area contributed by atoms with E-state index >= 15 is 0 Å². The molecule has 0 atom stereocenters. The average Bonchev–Trinajstić information content (AvgIpc) is 3.79. The lowest BCUT2D eigenvalue weighted by Gasteiger charge is -2.11. The van der Waals surface area contributed by atoms with Crippen LogP contribution in [0.2, 0.25) is 0 Å². The van der Waals surface area contributed by atoms with Crippen LogP contribution in [0.25, 0.3) is 97.0 Å². The van der Waals surface area contributed by atoms with Crippen LogP contribution in [-0.2, 0) is 0 Å². The fourth-order valence-corrected chi connectivity index (χ4v) is 8.93. The molecule has 7 aromatic carbocycles. The van der Waals surface area contributed by atoms with Gasteiger partial charge < -0.3 is 0 Å². The molecule has 10 rings (SSSR count). The zero-order valence-electron chi connectivity index (χ0n) is 26.6. The smallest absolute Gasteiger partial charge is 0.167 e. The van der Waals surface area contributed by atoms with E-state index in [0.29, 0.717) is 17.5 Å². The molecule has 0 amide bonds. The van der Waals surface area contributed by atoms with Crippen LogP contribution in [0.5, 0.6) is 0 Å². The molecule has 50 heavy (non-hydrogen) atoms. The van der Waals surface area contributed by atoms with Gasteiger partial charge in [0.2, 0.25) is 0 Å². The maximum Gasteiger partial charge on any atom is 0.167 e. The molecule has 3 aromatic heterocycles. The molecule has 0 spiro atoms. The van der Waals surface area contributed by atoms with Crippen LogP contribution in [0.15, 0.2) is 158 Å². The molecule has 0 aliphatic rings. The maximum absolute atomic E-state index is 5.28. The zero-order valence-corrected chi connectivity index (χ0v) is 28.2. The lowest BCUT2D eigenvalue weighted by atomic mass is 10.00. The molecule has 0 saturated heterocycles. The molecular weight excluding hydrogens is 649 g/mol. The SMILES string of the molecule is c1ccc(-c2ccc3cc(-c4nc(-c5ccccc5)nc(-c5c6nc(-c7ccccc7)sc6cc6c5sc5ccccc56)n4)ccc3c2)cc1. The van der Waals surface area contributed by atoms with Crippen molar-refractivity contribution in [3.63, 3.8) is 0 Å². The summed E-state index contributed by atoms with van der Waals surface area (Å²) in [6.07, 6.45) is 0. The average molecular weight is 675 g/mol. The van der Waals surface area contributed by atoms with Crippen molar-refractivity contribution in [2.45, 2.75) is 0 Å². The molecule has 0 saturated carbocycles. The number of rotatable bonds is 5. The highest BCUT2D eigenvalue weighted by Gasteiger charge is 2.22. The number of nitrogens with zero attached hydrogens (tertiary/aromatic N) is 4. The van der Waals surface area contributed by atoms with Gasteiger partial charge in [0.15, 0.2) is 17.5 Å². The van der Waals surface area contributed by atoms with E-state index in [1.807, 2.05) is 30.3 Å². The topological polar surface area (TPSA) is 51.6 Å². The molecule has 0 unspecified atom stereocenters. The third-order valence-corrected chi connectivity index (χ3v) is 11.4. The number of thiazole rings is 1. The summed E-state index contributed by atoms with van der Waals surface area (Å²) in [6.45, 7) is 0. The number of hydrogen-bond donors (Lipinski definition) is 0. The summed E-state index contributed by atoms with van der Waals surface area (Å²) >= 11 is 3.48. The molecule has 0 aliphatic heterocycles. The Balaban J connectivity index is 1.22. The Labute approximate surface area is 296 Å². The monoisotopic (exact) mass is 674 g/mol.